The molecule has 0 saturated carbocycles. The molecule has 0 aliphatic carbocycles. The molecule has 0 spiro atoms. The van der Waals surface area contributed by atoms with Gasteiger partial charge in [0.25, 0.3) is 5.91 Å². The summed E-state index contributed by atoms with van der Waals surface area (Å²) in [6, 6.07) is 9.80. The lowest BCUT2D eigenvalue weighted by Crippen LogP contribution is -2.47. The van der Waals surface area contributed by atoms with Crippen LogP contribution in [-0.2, 0) is 17.8 Å². The molecule has 9 heteroatoms. The van der Waals surface area contributed by atoms with Crippen LogP contribution in [0.2, 0.25) is 0 Å². The van der Waals surface area contributed by atoms with Gasteiger partial charge in [0.1, 0.15) is 11.9 Å². The van der Waals surface area contributed by atoms with E-state index in [2.05, 4.69) is 20.2 Å². The molecular formula is C22H19FN6O2. The van der Waals surface area contributed by atoms with Crippen LogP contribution in [0.3, 0.4) is 0 Å². The SMILES string of the molecule is [C-]#[N+]c1ccccc1Cn1cc(F)c(C(=O)N[C@H]2CCc3cccnc3N(C)C2=O)n1. The van der Waals surface area contributed by atoms with E-state index >= 15 is 0 Å². The molecule has 31 heavy (non-hydrogen) atoms. The van der Waals surface area contributed by atoms with Crippen molar-refractivity contribution in [1.82, 2.24) is 20.1 Å². The zero-order valence-electron chi connectivity index (χ0n) is 16.7. The largest absolute Gasteiger partial charge is 0.339 e. The van der Waals surface area contributed by atoms with Gasteiger partial charge in [-0.1, -0.05) is 30.3 Å². The summed E-state index contributed by atoms with van der Waals surface area (Å²) in [6.45, 7) is 7.38. The van der Waals surface area contributed by atoms with Crippen molar-refractivity contribution < 1.29 is 14.0 Å². The Kier molecular flexibility index (Phi) is 5.45. The zero-order valence-corrected chi connectivity index (χ0v) is 16.7. The molecule has 1 aliphatic heterocycles. The Balaban J connectivity index is 1.51. The van der Waals surface area contributed by atoms with E-state index < -0.39 is 23.5 Å². The first kappa shape index (κ1) is 20.2. The summed E-state index contributed by atoms with van der Waals surface area (Å²) in [4.78, 5) is 34.6. The van der Waals surface area contributed by atoms with E-state index in [1.807, 2.05) is 6.07 Å². The standard InChI is InChI=1S/C22H19FN6O2/c1-24-17-8-4-3-6-15(17)12-29-13-16(23)19(27-29)21(30)26-18-10-9-14-7-5-11-25-20(14)28(2)22(18)31/h3-8,11,13,18H,9-10,12H2,2H3,(H,26,30)/t18-/m0/s1. The molecule has 0 fully saturated rings. The number of hydrogen-bond donors (Lipinski definition) is 1. The monoisotopic (exact) mass is 418 g/mol. The third-order valence-corrected chi connectivity index (χ3v) is 5.20. The summed E-state index contributed by atoms with van der Waals surface area (Å²) in [6.07, 6.45) is 3.63. The molecule has 0 radical (unpaired) electrons. The second-order valence-corrected chi connectivity index (χ2v) is 7.21. The lowest BCUT2D eigenvalue weighted by molar-refractivity contribution is -0.120. The molecule has 156 valence electrons. The Hall–Kier alpha value is -4.06. The summed E-state index contributed by atoms with van der Waals surface area (Å²) < 4.78 is 15.7. The third kappa shape index (κ3) is 4.00. The number of halogens is 1. The molecule has 2 aromatic heterocycles. The van der Waals surface area contributed by atoms with E-state index in [4.69, 9.17) is 6.57 Å². The van der Waals surface area contributed by atoms with E-state index in [1.165, 1.54) is 9.58 Å². The summed E-state index contributed by atoms with van der Waals surface area (Å²) in [5.41, 5.74) is 1.61. The van der Waals surface area contributed by atoms with Gasteiger partial charge in [0.05, 0.1) is 19.3 Å². The van der Waals surface area contributed by atoms with Crippen LogP contribution in [0.15, 0.2) is 48.8 Å². The zero-order chi connectivity index (χ0) is 22.0. The maximum atomic E-state index is 14.5. The Labute approximate surface area is 178 Å². The molecular weight excluding hydrogens is 399 g/mol. The Morgan fingerprint density at radius 3 is 2.94 bits per heavy atom. The van der Waals surface area contributed by atoms with Crippen molar-refractivity contribution in [1.29, 1.82) is 0 Å². The van der Waals surface area contributed by atoms with Gasteiger partial charge < -0.3 is 5.32 Å². The number of amides is 2. The van der Waals surface area contributed by atoms with Gasteiger partial charge in [0.15, 0.2) is 17.2 Å². The lowest BCUT2D eigenvalue weighted by Gasteiger charge is -2.20. The number of nitrogens with zero attached hydrogens (tertiary/aromatic N) is 5. The number of likely N-dealkylation sites (N-methyl/N-ethyl adjacent to an activating group) is 1. The van der Waals surface area contributed by atoms with Crippen LogP contribution in [0.5, 0.6) is 0 Å². The molecule has 0 saturated heterocycles. The van der Waals surface area contributed by atoms with Crippen LogP contribution in [0, 0.1) is 12.4 Å². The van der Waals surface area contributed by atoms with E-state index in [0.717, 1.165) is 11.8 Å². The second-order valence-electron chi connectivity index (χ2n) is 7.21. The van der Waals surface area contributed by atoms with Crippen molar-refractivity contribution in [3.63, 3.8) is 0 Å². The van der Waals surface area contributed by atoms with Gasteiger partial charge >= 0.3 is 0 Å². The molecule has 3 aromatic rings. The number of nitrogens with one attached hydrogen (secondary N) is 1. The molecule has 1 aromatic carbocycles. The minimum Gasteiger partial charge on any atom is -0.339 e. The Bertz CT molecular complexity index is 1200. The van der Waals surface area contributed by atoms with Crippen molar-refractivity contribution in [3.8, 4) is 0 Å². The minimum atomic E-state index is -0.820. The van der Waals surface area contributed by atoms with Gasteiger partial charge in [-0.05, 0) is 30.0 Å². The number of anilines is 1. The summed E-state index contributed by atoms with van der Waals surface area (Å²) >= 11 is 0. The van der Waals surface area contributed by atoms with E-state index in [-0.39, 0.29) is 12.5 Å². The molecule has 0 bridgehead atoms. The number of fused-ring (bicyclic) bond motifs is 1. The van der Waals surface area contributed by atoms with Gasteiger partial charge in [-0.25, -0.2) is 14.2 Å². The number of carbonyl (C=O) groups is 2. The van der Waals surface area contributed by atoms with E-state index in [9.17, 15) is 14.0 Å². The molecule has 4 rings (SSSR count). The normalized spacial score (nSPS) is 15.7. The van der Waals surface area contributed by atoms with Crippen LogP contribution >= 0.6 is 0 Å². The van der Waals surface area contributed by atoms with Crippen LogP contribution in [-0.4, -0.2) is 39.7 Å². The fraction of sp³-hybridized carbons (Fsp3) is 0.227. The molecule has 1 aliphatic rings. The number of pyridine rings is 1. The molecule has 1 N–H and O–H groups in total. The molecule has 3 heterocycles. The van der Waals surface area contributed by atoms with Gasteiger partial charge in [-0.3, -0.25) is 19.2 Å². The highest BCUT2D eigenvalue weighted by Crippen LogP contribution is 2.24. The molecule has 0 unspecified atom stereocenters. The average molecular weight is 418 g/mol. The number of hydrogen-bond acceptors (Lipinski definition) is 4. The number of rotatable bonds is 4. The highest BCUT2D eigenvalue weighted by molar-refractivity contribution is 6.01. The first-order valence-electron chi connectivity index (χ1n) is 9.68. The first-order valence-corrected chi connectivity index (χ1v) is 9.68. The third-order valence-electron chi connectivity index (χ3n) is 5.20. The van der Waals surface area contributed by atoms with Crippen molar-refractivity contribution in [2.45, 2.75) is 25.4 Å². The predicted molar refractivity (Wildman–Crippen MR) is 111 cm³/mol. The van der Waals surface area contributed by atoms with E-state index in [0.29, 0.717) is 29.9 Å². The predicted octanol–water partition coefficient (Wildman–Crippen LogP) is 2.72. The highest BCUT2D eigenvalue weighted by Gasteiger charge is 2.31. The minimum absolute atomic E-state index is 0.148. The lowest BCUT2D eigenvalue weighted by atomic mass is 10.1. The highest BCUT2D eigenvalue weighted by atomic mass is 19.1. The van der Waals surface area contributed by atoms with Crippen molar-refractivity contribution in [2.75, 3.05) is 11.9 Å². The first-order chi connectivity index (χ1) is 15.0. The smallest absolute Gasteiger partial charge is 0.275 e. The molecule has 8 nitrogen and oxygen atoms in total. The maximum Gasteiger partial charge on any atom is 0.275 e. The van der Waals surface area contributed by atoms with Gasteiger partial charge in [0.2, 0.25) is 5.91 Å². The summed E-state index contributed by atoms with van der Waals surface area (Å²) in [5, 5.41) is 6.65. The summed E-state index contributed by atoms with van der Waals surface area (Å²) in [7, 11) is 1.60. The summed E-state index contributed by atoms with van der Waals surface area (Å²) in [5.74, 6) is -1.33. The number of para-hydroxylation sites is 1. The molecule has 1 atom stereocenters. The fourth-order valence-corrected chi connectivity index (χ4v) is 3.61. The Morgan fingerprint density at radius 2 is 2.13 bits per heavy atom. The van der Waals surface area contributed by atoms with Gasteiger partial charge in [-0.2, -0.15) is 5.10 Å². The van der Waals surface area contributed by atoms with Crippen molar-refractivity contribution in [2.24, 2.45) is 0 Å². The van der Waals surface area contributed by atoms with Gasteiger partial charge in [-0.15, -0.1) is 0 Å². The number of benzene rings is 1. The second kappa shape index (κ2) is 8.36. The van der Waals surface area contributed by atoms with Crippen molar-refractivity contribution in [3.05, 3.63) is 82.8 Å². The molecule has 2 amide bonds. The fourth-order valence-electron chi connectivity index (χ4n) is 3.61. The van der Waals surface area contributed by atoms with Crippen LogP contribution in [0.25, 0.3) is 4.85 Å². The van der Waals surface area contributed by atoms with Crippen LogP contribution < -0.4 is 10.2 Å². The van der Waals surface area contributed by atoms with Gasteiger partial charge in [0, 0.05) is 13.2 Å². The van der Waals surface area contributed by atoms with Crippen molar-refractivity contribution >= 4 is 23.3 Å². The van der Waals surface area contributed by atoms with Crippen LogP contribution in [0.1, 0.15) is 28.0 Å². The number of carbonyl (C=O) groups excluding carboxylic acids is 2. The number of aryl methyl sites for hydroxylation is 1. The van der Waals surface area contributed by atoms with E-state index in [1.54, 1.807) is 43.6 Å². The average Bonchev–Trinajstić information content (AvgIpc) is 3.10. The quantitative estimate of drug-likeness (QED) is 0.661. The Morgan fingerprint density at radius 1 is 1.32 bits per heavy atom. The topological polar surface area (TPSA) is 84.5 Å². The van der Waals surface area contributed by atoms with Crippen LogP contribution in [0.4, 0.5) is 15.9 Å². The number of aromatic nitrogens is 3. The maximum absolute atomic E-state index is 14.5.